The molecule has 142 valence electrons. The van der Waals surface area contributed by atoms with Crippen molar-refractivity contribution in [2.24, 2.45) is 10.4 Å². The van der Waals surface area contributed by atoms with Crippen molar-refractivity contribution in [1.82, 2.24) is 10.6 Å². The normalized spacial score (nSPS) is 16.8. The molecule has 1 aromatic carbocycles. The fourth-order valence-corrected chi connectivity index (χ4v) is 3.69. The van der Waals surface area contributed by atoms with Gasteiger partial charge in [-0.1, -0.05) is 43.0 Å². The summed E-state index contributed by atoms with van der Waals surface area (Å²) in [4.78, 5) is 4.67. The summed E-state index contributed by atoms with van der Waals surface area (Å²) < 4.78 is 0. The molecule has 1 aromatic rings. The summed E-state index contributed by atoms with van der Waals surface area (Å²) in [5, 5.41) is 17.0. The van der Waals surface area contributed by atoms with E-state index in [1.165, 1.54) is 32.1 Å². The second-order valence-electron chi connectivity index (χ2n) is 6.71. The van der Waals surface area contributed by atoms with E-state index in [-0.39, 0.29) is 36.0 Å². The van der Waals surface area contributed by atoms with Gasteiger partial charge in [-0.15, -0.1) is 24.0 Å². The molecule has 1 aliphatic rings. The molecule has 1 saturated carbocycles. The molecular formula is C19H31ClIN3O. The van der Waals surface area contributed by atoms with E-state index in [4.69, 9.17) is 11.6 Å². The second-order valence-corrected chi connectivity index (χ2v) is 7.15. The molecular weight excluding hydrogens is 449 g/mol. The first kappa shape index (κ1) is 22.5. The Kier molecular flexibility index (Phi) is 10.8. The Morgan fingerprint density at radius 3 is 2.64 bits per heavy atom. The van der Waals surface area contributed by atoms with E-state index in [0.29, 0.717) is 6.54 Å². The number of rotatable bonds is 7. The SMILES string of the molecule is CCNC(=NCc1cccc(Cl)c1)NCC1(CCO)CCCCC1.I. The highest BCUT2D eigenvalue weighted by Crippen LogP contribution is 2.38. The van der Waals surface area contributed by atoms with Gasteiger partial charge < -0.3 is 15.7 Å². The van der Waals surface area contributed by atoms with Crippen LogP contribution in [0.1, 0.15) is 51.0 Å². The Hall–Kier alpha value is -0.530. The van der Waals surface area contributed by atoms with Gasteiger partial charge in [0.1, 0.15) is 0 Å². The van der Waals surface area contributed by atoms with Gasteiger partial charge in [0.15, 0.2) is 5.96 Å². The van der Waals surface area contributed by atoms with Crippen LogP contribution in [0.15, 0.2) is 29.3 Å². The number of guanidine groups is 1. The lowest BCUT2D eigenvalue weighted by atomic mass is 9.72. The number of nitrogens with zero attached hydrogens (tertiary/aromatic N) is 1. The highest BCUT2D eigenvalue weighted by Gasteiger charge is 2.31. The minimum absolute atomic E-state index is 0. The van der Waals surface area contributed by atoms with Crippen LogP contribution in [0.3, 0.4) is 0 Å². The molecule has 1 aliphatic carbocycles. The van der Waals surface area contributed by atoms with Gasteiger partial charge in [0.2, 0.25) is 0 Å². The van der Waals surface area contributed by atoms with Crippen LogP contribution < -0.4 is 10.6 Å². The minimum atomic E-state index is 0. The smallest absolute Gasteiger partial charge is 0.191 e. The molecule has 3 N–H and O–H groups in total. The summed E-state index contributed by atoms with van der Waals surface area (Å²) >= 11 is 6.03. The number of aliphatic hydroxyl groups excluding tert-OH is 1. The van der Waals surface area contributed by atoms with Crippen LogP contribution in [-0.4, -0.2) is 30.8 Å². The van der Waals surface area contributed by atoms with Gasteiger partial charge in [-0.2, -0.15) is 0 Å². The van der Waals surface area contributed by atoms with Gasteiger partial charge in [0.25, 0.3) is 0 Å². The number of nitrogens with one attached hydrogen (secondary N) is 2. The van der Waals surface area contributed by atoms with Crippen LogP contribution in [0.5, 0.6) is 0 Å². The van der Waals surface area contributed by atoms with Crippen molar-refractivity contribution in [1.29, 1.82) is 0 Å². The zero-order valence-corrected chi connectivity index (χ0v) is 18.1. The summed E-state index contributed by atoms with van der Waals surface area (Å²) in [6.07, 6.45) is 7.09. The molecule has 25 heavy (non-hydrogen) atoms. The van der Waals surface area contributed by atoms with Crippen molar-refractivity contribution < 1.29 is 5.11 Å². The third-order valence-electron chi connectivity index (χ3n) is 4.84. The predicted octanol–water partition coefficient (Wildman–Crippen LogP) is 4.35. The quantitative estimate of drug-likeness (QED) is 0.310. The fraction of sp³-hybridized carbons (Fsp3) is 0.632. The fourth-order valence-electron chi connectivity index (χ4n) is 3.47. The first-order valence-electron chi connectivity index (χ1n) is 9.05. The third-order valence-corrected chi connectivity index (χ3v) is 5.08. The molecule has 4 nitrogen and oxygen atoms in total. The average Bonchev–Trinajstić information content (AvgIpc) is 2.59. The zero-order chi connectivity index (χ0) is 17.3. The molecule has 0 saturated heterocycles. The summed E-state index contributed by atoms with van der Waals surface area (Å²) in [5.41, 5.74) is 1.31. The van der Waals surface area contributed by atoms with E-state index in [2.05, 4.69) is 22.5 Å². The number of hydrogen-bond donors (Lipinski definition) is 3. The Labute approximate surface area is 173 Å². The van der Waals surface area contributed by atoms with Gasteiger partial charge >= 0.3 is 0 Å². The Morgan fingerprint density at radius 1 is 1.24 bits per heavy atom. The van der Waals surface area contributed by atoms with E-state index < -0.39 is 0 Å². The van der Waals surface area contributed by atoms with Crippen molar-refractivity contribution in [3.8, 4) is 0 Å². The largest absolute Gasteiger partial charge is 0.396 e. The van der Waals surface area contributed by atoms with E-state index >= 15 is 0 Å². The van der Waals surface area contributed by atoms with Gasteiger partial charge in [-0.05, 0) is 49.3 Å². The molecule has 1 fully saturated rings. The van der Waals surface area contributed by atoms with Gasteiger partial charge in [0, 0.05) is 24.7 Å². The van der Waals surface area contributed by atoms with Crippen molar-refractivity contribution in [2.45, 2.75) is 52.0 Å². The van der Waals surface area contributed by atoms with Crippen LogP contribution in [-0.2, 0) is 6.54 Å². The molecule has 0 amide bonds. The summed E-state index contributed by atoms with van der Waals surface area (Å²) in [5.74, 6) is 0.834. The van der Waals surface area contributed by atoms with Crippen LogP contribution in [0.25, 0.3) is 0 Å². The molecule has 0 unspecified atom stereocenters. The molecule has 0 bridgehead atoms. The molecule has 0 aliphatic heterocycles. The molecule has 0 spiro atoms. The van der Waals surface area contributed by atoms with Crippen molar-refractivity contribution in [3.63, 3.8) is 0 Å². The van der Waals surface area contributed by atoms with Crippen LogP contribution in [0, 0.1) is 5.41 Å². The maximum Gasteiger partial charge on any atom is 0.191 e. The number of halogens is 2. The highest BCUT2D eigenvalue weighted by atomic mass is 127. The number of aliphatic imine (C=N–C) groups is 1. The van der Waals surface area contributed by atoms with Gasteiger partial charge in [0.05, 0.1) is 6.54 Å². The van der Waals surface area contributed by atoms with E-state index in [9.17, 15) is 5.11 Å². The van der Waals surface area contributed by atoms with Crippen molar-refractivity contribution in [3.05, 3.63) is 34.9 Å². The first-order chi connectivity index (χ1) is 11.7. The summed E-state index contributed by atoms with van der Waals surface area (Å²) in [6, 6.07) is 7.81. The first-order valence-corrected chi connectivity index (χ1v) is 9.43. The molecule has 0 radical (unpaired) electrons. The molecule has 6 heteroatoms. The van der Waals surface area contributed by atoms with Crippen molar-refractivity contribution >= 4 is 41.5 Å². The summed E-state index contributed by atoms with van der Waals surface area (Å²) in [6.45, 7) is 4.63. The van der Waals surface area contributed by atoms with Crippen LogP contribution in [0.4, 0.5) is 0 Å². The maximum absolute atomic E-state index is 9.44. The van der Waals surface area contributed by atoms with E-state index in [1.807, 2.05) is 24.3 Å². The molecule has 0 atom stereocenters. The number of benzene rings is 1. The Bertz CT molecular complexity index is 528. The molecule has 0 aromatic heterocycles. The lowest BCUT2D eigenvalue weighted by molar-refractivity contribution is 0.131. The second kappa shape index (κ2) is 12.0. The zero-order valence-electron chi connectivity index (χ0n) is 15.1. The average molecular weight is 480 g/mol. The molecule has 0 heterocycles. The maximum atomic E-state index is 9.44. The van der Waals surface area contributed by atoms with Crippen LogP contribution in [0.2, 0.25) is 5.02 Å². The minimum Gasteiger partial charge on any atom is -0.396 e. The monoisotopic (exact) mass is 479 g/mol. The third kappa shape index (κ3) is 7.71. The van der Waals surface area contributed by atoms with Crippen LogP contribution >= 0.6 is 35.6 Å². The number of hydrogen-bond acceptors (Lipinski definition) is 2. The van der Waals surface area contributed by atoms with Gasteiger partial charge in [-0.25, -0.2) is 4.99 Å². The lowest BCUT2D eigenvalue weighted by Crippen LogP contribution is -2.44. The van der Waals surface area contributed by atoms with Gasteiger partial charge in [-0.3, -0.25) is 0 Å². The number of aliphatic hydroxyl groups is 1. The lowest BCUT2D eigenvalue weighted by Gasteiger charge is -2.37. The van der Waals surface area contributed by atoms with Crippen molar-refractivity contribution in [2.75, 3.05) is 19.7 Å². The van der Waals surface area contributed by atoms with E-state index in [0.717, 1.165) is 36.1 Å². The standard InChI is InChI=1S/C19H30ClN3O.HI/c1-2-21-18(22-14-16-7-6-8-17(20)13-16)23-15-19(11-12-24)9-4-3-5-10-19;/h6-8,13,24H,2-5,9-12,14-15H2,1H3,(H2,21,22,23);1H. The predicted molar refractivity (Wildman–Crippen MR) is 117 cm³/mol. The topological polar surface area (TPSA) is 56.7 Å². The highest BCUT2D eigenvalue weighted by molar-refractivity contribution is 14.0. The van der Waals surface area contributed by atoms with E-state index in [1.54, 1.807) is 0 Å². The Balaban J connectivity index is 0.00000312. The molecule has 2 rings (SSSR count). The summed E-state index contributed by atoms with van der Waals surface area (Å²) in [7, 11) is 0. The Morgan fingerprint density at radius 2 is 2.00 bits per heavy atom.